The molecule has 0 radical (unpaired) electrons. The minimum absolute atomic E-state index is 0.151. The lowest BCUT2D eigenvalue weighted by Gasteiger charge is -2.37. The van der Waals surface area contributed by atoms with Gasteiger partial charge in [-0.1, -0.05) is 6.07 Å². The highest BCUT2D eigenvalue weighted by atomic mass is 16.6. The van der Waals surface area contributed by atoms with E-state index in [1.165, 1.54) is 7.11 Å². The quantitative estimate of drug-likeness (QED) is 0.855. The lowest BCUT2D eigenvalue weighted by molar-refractivity contribution is 0.0130. The van der Waals surface area contributed by atoms with Crippen molar-refractivity contribution in [1.82, 2.24) is 4.90 Å². The van der Waals surface area contributed by atoms with E-state index in [9.17, 15) is 9.59 Å². The summed E-state index contributed by atoms with van der Waals surface area (Å²) in [5, 5.41) is 3.33. The van der Waals surface area contributed by atoms with E-state index >= 15 is 0 Å². The molecular weight excluding hydrogens is 308 g/mol. The SMILES string of the molecule is COC(=O)c1cccc(NC2CCCCN2C(=O)OC(C)(C)C)c1. The zero-order valence-electron chi connectivity index (χ0n) is 14.8. The lowest BCUT2D eigenvalue weighted by atomic mass is 10.1. The van der Waals surface area contributed by atoms with Crippen LogP contribution in [0.15, 0.2) is 24.3 Å². The largest absolute Gasteiger partial charge is 0.465 e. The van der Waals surface area contributed by atoms with Gasteiger partial charge < -0.3 is 14.8 Å². The molecule has 1 atom stereocenters. The first-order chi connectivity index (χ1) is 11.3. The average Bonchev–Trinajstić information content (AvgIpc) is 2.53. The monoisotopic (exact) mass is 334 g/mol. The Morgan fingerprint density at radius 3 is 2.67 bits per heavy atom. The summed E-state index contributed by atoms with van der Waals surface area (Å²) in [4.78, 5) is 25.8. The first kappa shape index (κ1) is 18.1. The molecule has 0 aromatic heterocycles. The number of nitrogens with one attached hydrogen (secondary N) is 1. The van der Waals surface area contributed by atoms with Crippen LogP contribution in [-0.4, -0.2) is 42.4 Å². The summed E-state index contributed by atoms with van der Waals surface area (Å²) in [6, 6.07) is 7.08. The molecule has 6 heteroatoms. The van der Waals surface area contributed by atoms with Gasteiger partial charge in [0.2, 0.25) is 0 Å². The van der Waals surface area contributed by atoms with Crippen molar-refractivity contribution >= 4 is 17.7 Å². The minimum Gasteiger partial charge on any atom is -0.465 e. The van der Waals surface area contributed by atoms with E-state index < -0.39 is 5.60 Å². The normalized spacial score (nSPS) is 18.0. The van der Waals surface area contributed by atoms with Crippen molar-refractivity contribution in [1.29, 1.82) is 0 Å². The third-order valence-electron chi connectivity index (χ3n) is 3.75. The lowest BCUT2D eigenvalue weighted by Crippen LogP contribution is -2.49. The first-order valence-electron chi connectivity index (χ1n) is 8.25. The Morgan fingerprint density at radius 2 is 2.00 bits per heavy atom. The Hall–Kier alpha value is -2.24. The molecule has 1 N–H and O–H groups in total. The van der Waals surface area contributed by atoms with Crippen LogP contribution >= 0.6 is 0 Å². The van der Waals surface area contributed by atoms with Gasteiger partial charge in [-0.25, -0.2) is 9.59 Å². The standard InChI is InChI=1S/C18H26N2O4/c1-18(2,3)24-17(22)20-11-6-5-10-15(20)19-14-9-7-8-13(12-14)16(21)23-4/h7-9,12,15,19H,5-6,10-11H2,1-4H3. The summed E-state index contributed by atoms with van der Waals surface area (Å²) in [6.07, 6.45) is 2.36. The highest BCUT2D eigenvalue weighted by Crippen LogP contribution is 2.23. The second-order valence-electron chi connectivity index (χ2n) is 6.90. The molecule has 1 fully saturated rings. The highest BCUT2D eigenvalue weighted by molar-refractivity contribution is 5.90. The van der Waals surface area contributed by atoms with Crippen molar-refractivity contribution in [3.8, 4) is 0 Å². The van der Waals surface area contributed by atoms with Crippen LogP contribution in [0, 0.1) is 0 Å². The summed E-state index contributed by atoms with van der Waals surface area (Å²) in [5.74, 6) is -0.383. The van der Waals surface area contributed by atoms with Gasteiger partial charge in [0.05, 0.1) is 12.7 Å². The Labute approximate surface area is 143 Å². The van der Waals surface area contributed by atoms with E-state index in [-0.39, 0.29) is 18.2 Å². The Balaban J connectivity index is 2.11. The number of methoxy groups -OCH3 is 1. The number of hydrogen-bond donors (Lipinski definition) is 1. The van der Waals surface area contributed by atoms with Crippen molar-refractivity contribution in [2.24, 2.45) is 0 Å². The molecule has 1 aromatic carbocycles. The molecule has 0 saturated carbocycles. The van der Waals surface area contributed by atoms with Gasteiger partial charge in [0.15, 0.2) is 0 Å². The molecule has 1 amide bonds. The van der Waals surface area contributed by atoms with Crippen LogP contribution in [0.25, 0.3) is 0 Å². The van der Waals surface area contributed by atoms with E-state index in [1.54, 1.807) is 23.1 Å². The smallest absolute Gasteiger partial charge is 0.411 e. The van der Waals surface area contributed by atoms with Crippen molar-refractivity contribution in [2.75, 3.05) is 19.0 Å². The summed E-state index contributed by atoms with van der Waals surface area (Å²) in [7, 11) is 1.35. The molecule has 1 saturated heterocycles. The van der Waals surface area contributed by atoms with Gasteiger partial charge in [0.25, 0.3) is 0 Å². The number of nitrogens with zero attached hydrogens (tertiary/aromatic N) is 1. The predicted molar refractivity (Wildman–Crippen MR) is 92.0 cm³/mol. The van der Waals surface area contributed by atoms with Crippen molar-refractivity contribution in [3.63, 3.8) is 0 Å². The zero-order valence-corrected chi connectivity index (χ0v) is 14.8. The van der Waals surface area contributed by atoms with Crippen LogP contribution in [0.5, 0.6) is 0 Å². The summed E-state index contributed by atoms with van der Waals surface area (Å²) >= 11 is 0. The second kappa shape index (κ2) is 7.55. The number of benzene rings is 1. The molecule has 0 aliphatic carbocycles. The molecule has 2 rings (SSSR count). The first-order valence-corrected chi connectivity index (χ1v) is 8.25. The van der Waals surface area contributed by atoms with Crippen LogP contribution in [0.4, 0.5) is 10.5 Å². The molecular formula is C18H26N2O4. The summed E-state index contributed by atoms with van der Waals surface area (Å²) in [5.41, 5.74) is 0.727. The van der Waals surface area contributed by atoms with Crippen LogP contribution in [0.1, 0.15) is 50.4 Å². The van der Waals surface area contributed by atoms with Gasteiger partial charge in [-0.3, -0.25) is 4.90 Å². The Morgan fingerprint density at radius 1 is 1.25 bits per heavy atom. The van der Waals surface area contributed by atoms with Crippen molar-refractivity contribution in [3.05, 3.63) is 29.8 Å². The molecule has 132 valence electrons. The van der Waals surface area contributed by atoms with E-state index in [2.05, 4.69) is 5.32 Å². The number of esters is 1. The number of rotatable bonds is 3. The molecule has 24 heavy (non-hydrogen) atoms. The van der Waals surface area contributed by atoms with Crippen LogP contribution in [0.3, 0.4) is 0 Å². The van der Waals surface area contributed by atoms with Crippen LogP contribution in [0.2, 0.25) is 0 Å². The number of carbonyl (C=O) groups is 2. The maximum atomic E-state index is 12.4. The van der Waals surface area contributed by atoms with Crippen LogP contribution in [-0.2, 0) is 9.47 Å². The highest BCUT2D eigenvalue weighted by Gasteiger charge is 2.30. The van der Waals surface area contributed by atoms with E-state index in [1.807, 2.05) is 26.8 Å². The van der Waals surface area contributed by atoms with Gasteiger partial charge >= 0.3 is 12.1 Å². The fourth-order valence-corrected chi connectivity index (χ4v) is 2.67. The molecule has 1 heterocycles. The van der Waals surface area contributed by atoms with Crippen LogP contribution < -0.4 is 5.32 Å². The topological polar surface area (TPSA) is 67.9 Å². The molecule has 6 nitrogen and oxygen atoms in total. The molecule has 1 unspecified atom stereocenters. The molecule has 1 aliphatic rings. The summed E-state index contributed by atoms with van der Waals surface area (Å²) in [6.45, 7) is 6.23. The van der Waals surface area contributed by atoms with E-state index in [0.29, 0.717) is 12.1 Å². The zero-order chi connectivity index (χ0) is 17.7. The average molecular weight is 334 g/mol. The number of hydrogen-bond acceptors (Lipinski definition) is 5. The Bertz CT molecular complexity index is 595. The molecule has 0 bridgehead atoms. The second-order valence-corrected chi connectivity index (χ2v) is 6.90. The van der Waals surface area contributed by atoms with Gasteiger partial charge in [-0.05, 0) is 58.2 Å². The summed E-state index contributed by atoms with van der Waals surface area (Å²) < 4.78 is 10.2. The Kier molecular flexibility index (Phi) is 5.70. The van der Waals surface area contributed by atoms with Crippen molar-refractivity contribution in [2.45, 2.75) is 51.8 Å². The molecule has 1 aromatic rings. The maximum absolute atomic E-state index is 12.4. The van der Waals surface area contributed by atoms with E-state index in [4.69, 9.17) is 9.47 Å². The van der Waals surface area contributed by atoms with E-state index in [0.717, 1.165) is 24.9 Å². The number of likely N-dealkylation sites (tertiary alicyclic amines) is 1. The van der Waals surface area contributed by atoms with Crippen molar-refractivity contribution < 1.29 is 19.1 Å². The molecule has 1 aliphatic heterocycles. The predicted octanol–water partition coefficient (Wildman–Crippen LogP) is 3.63. The van der Waals surface area contributed by atoms with Gasteiger partial charge in [-0.15, -0.1) is 0 Å². The third kappa shape index (κ3) is 4.88. The molecule has 0 spiro atoms. The van der Waals surface area contributed by atoms with Gasteiger partial charge in [0.1, 0.15) is 11.8 Å². The number of anilines is 1. The fourth-order valence-electron chi connectivity index (χ4n) is 2.67. The maximum Gasteiger partial charge on any atom is 0.411 e. The number of carbonyl (C=O) groups excluding carboxylic acids is 2. The van der Waals surface area contributed by atoms with Gasteiger partial charge in [0, 0.05) is 12.2 Å². The number of amides is 1. The van der Waals surface area contributed by atoms with Gasteiger partial charge in [-0.2, -0.15) is 0 Å². The number of piperidine rings is 1. The third-order valence-corrected chi connectivity index (χ3v) is 3.75. The number of ether oxygens (including phenoxy) is 2. The fraction of sp³-hybridized carbons (Fsp3) is 0.556. The minimum atomic E-state index is -0.524.